The maximum Gasteiger partial charge on any atom is 0.407 e. The van der Waals surface area contributed by atoms with Gasteiger partial charge < -0.3 is 15.4 Å². The molecule has 0 bridgehead atoms. The quantitative estimate of drug-likeness (QED) is 0.361. The molecule has 0 spiro atoms. The fourth-order valence-corrected chi connectivity index (χ4v) is 3.82. The van der Waals surface area contributed by atoms with E-state index in [1.165, 1.54) is 0 Å². The molecule has 0 aliphatic heterocycles. The zero-order valence-electron chi connectivity index (χ0n) is 21.3. The van der Waals surface area contributed by atoms with E-state index in [1.54, 1.807) is 45.0 Å². The minimum absolute atomic E-state index is 0.244. The summed E-state index contributed by atoms with van der Waals surface area (Å²) in [6, 6.07) is 22.9. The van der Waals surface area contributed by atoms with Crippen molar-refractivity contribution in [2.75, 3.05) is 13.1 Å². The Balaban J connectivity index is 1.59. The van der Waals surface area contributed by atoms with Gasteiger partial charge >= 0.3 is 6.09 Å². The maximum atomic E-state index is 12.8. The van der Waals surface area contributed by atoms with Crippen LogP contribution in [0.15, 0.2) is 66.7 Å². The molecule has 0 saturated heterocycles. The molecule has 37 heavy (non-hydrogen) atoms. The van der Waals surface area contributed by atoms with Crippen LogP contribution in [0.1, 0.15) is 42.3 Å². The van der Waals surface area contributed by atoms with Gasteiger partial charge in [-0.15, -0.1) is 0 Å². The third kappa shape index (κ3) is 6.14. The summed E-state index contributed by atoms with van der Waals surface area (Å²) in [5, 5.41) is 14.6. The molecule has 2 amide bonds. The van der Waals surface area contributed by atoms with E-state index in [-0.39, 0.29) is 19.0 Å². The lowest BCUT2D eigenvalue weighted by Crippen LogP contribution is -2.37. The summed E-state index contributed by atoms with van der Waals surface area (Å²) in [6.07, 6.45) is -0.528. The van der Waals surface area contributed by atoms with Gasteiger partial charge in [-0.2, -0.15) is 5.26 Å². The number of nitrogens with one attached hydrogen (secondary N) is 2. The predicted molar refractivity (Wildman–Crippen MR) is 143 cm³/mol. The van der Waals surface area contributed by atoms with Gasteiger partial charge in [-0.3, -0.25) is 9.36 Å². The van der Waals surface area contributed by atoms with Gasteiger partial charge in [-0.25, -0.2) is 9.78 Å². The molecule has 0 fully saturated rings. The van der Waals surface area contributed by atoms with Gasteiger partial charge in [0.15, 0.2) is 0 Å². The molecule has 0 aliphatic carbocycles. The first-order chi connectivity index (χ1) is 17.6. The second kappa shape index (κ2) is 10.5. The highest BCUT2D eigenvalue weighted by molar-refractivity contribution is 5.98. The largest absolute Gasteiger partial charge is 0.444 e. The number of carbonyl (C=O) groups excluding carboxylic acids is 2. The number of amides is 2. The minimum atomic E-state index is -0.582. The number of benzene rings is 3. The smallest absolute Gasteiger partial charge is 0.407 e. The van der Waals surface area contributed by atoms with Crippen molar-refractivity contribution in [1.82, 2.24) is 20.2 Å². The van der Waals surface area contributed by atoms with Crippen molar-refractivity contribution < 1.29 is 14.3 Å². The fourth-order valence-electron chi connectivity index (χ4n) is 3.82. The number of nitrogens with zero attached hydrogens (tertiary/aromatic N) is 3. The van der Waals surface area contributed by atoms with Gasteiger partial charge in [0, 0.05) is 29.9 Å². The van der Waals surface area contributed by atoms with Crippen LogP contribution >= 0.6 is 0 Å². The molecule has 8 nitrogen and oxygen atoms in total. The van der Waals surface area contributed by atoms with Crippen molar-refractivity contribution in [2.24, 2.45) is 0 Å². The Morgan fingerprint density at radius 3 is 2.30 bits per heavy atom. The van der Waals surface area contributed by atoms with Crippen molar-refractivity contribution in [1.29, 1.82) is 5.26 Å². The zero-order chi connectivity index (χ0) is 26.6. The molecular weight excluding hydrogens is 466 g/mol. The van der Waals surface area contributed by atoms with Gasteiger partial charge in [0.25, 0.3) is 5.91 Å². The van der Waals surface area contributed by atoms with Gasteiger partial charge in [-0.1, -0.05) is 17.7 Å². The summed E-state index contributed by atoms with van der Waals surface area (Å²) >= 11 is 0. The van der Waals surface area contributed by atoms with E-state index < -0.39 is 11.7 Å². The molecule has 0 unspecified atom stereocenters. The number of aromatic nitrogens is 2. The number of nitriles is 1. The van der Waals surface area contributed by atoms with Crippen LogP contribution in [0.2, 0.25) is 0 Å². The molecule has 4 rings (SSSR count). The summed E-state index contributed by atoms with van der Waals surface area (Å²) in [7, 11) is 0. The normalized spacial score (nSPS) is 11.1. The molecule has 1 aromatic heterocycles. The number of hydrogen-bond donors (Lipinski definition) is 2. The van der Waals surface area contributed by atoms with E-state index in [9.17, 15) is 9.59 Å². The molecule has 1 heterocycles. The van der Waals surface area contributed by atoms with Crippen LogP contribution in [-0.2, 0) is 4.74 Å². The Kier molecular flexibility index (Phi) is 7.25. The third-order valence-corrected chi connectivity index (χ3v) is 5.56. The number of carbonyl (C=O) groups is 2. The van der Waals surface area contributed by atoms with Crippen molar-refractivity contribution in [3.05, 3.63) is 83.4 Å². The van der Waals surface area contributed by atoms with Crippen molar-refractivity contribution in [2.45, 2.75) is 33.3 Å². The molecule has 8 heteroatoms. The SMILES string of the molecule is Cc1ccc(-n2c(-c3ccc(C#N)cc3)nc3cc(C(=O)NCCNC(=O)OC(C)(C)C)ccc32)cc1. The first kappa shape index (κ1) is 25.5. The number of hydrogen-bond acceptors (Lipinski definition) is 5. The minimum Gasteiger partial charge on any atom is -0.444 e. The van der Waals surface area contributed by atoms with Crippen molar-refractivity contribution in [3.63, 3.8) is 0 Å². The topological polar surface area (TPSA) is 109 Å². The van der Waals surface area contributed by atoms with E-state index in [2.05, 4.69) is 16.7 Å². The van der Waals surface area contributed by atoms with Crippen LogP contribution in [0, 0.1) is 18.3 Å². The fraction of sp³-hybridized carbons (Fsp3) is 0.241. The summed E-state index contributed by atoms with van der Waals surface area (Å²) in [5.74, 6) is 0.445. The molecule has 3 aromatic carbocycles. The van der Waals surface area contributed by atoms with Crippen LogP contribution in [0.4, 0.5) is 4.79 Å². The zero-order valence-corrected chi connectivity index (χ0v) is 21.3. The number of fused-ring (bicyclic) bond motifs is 1. The summed E-state index contributed by atoms with van der Waals surface area (Å²) in [5.41, 5.74) is 4.92. The van der Waals surface area contributed by atoms with Crippen LogP contribution in [0.5, 0.6) is 0 Å². The second-order valence-corrected chi connectivity index (χ2v) is 9.68. The van der Waals surface area contributed by atoms with E-state index in [0.717, 1.165) is 22.3 Å². The van der Waals surface area contributed by atoms with E-state index in [4.69, 9.17) is 15.0 Å². The first-order valence-corrected chi connectivity index (χ1v) is 12.0. The van der Waals surface area contributed by atoms with E-state index in [1.807, 2.05) is 54.0 Å². The van der Waals surface area contributed by atoms with Crippen molar-refractivity contribution in [3.8, 4) is 23.1 Å². The highest BCUT2D eigenvalue weighted by atomic mass is 16.6. The van der Waals surface area contributed by atoms with Crippen LogP contribution < -0.4 is 10.6 Å². The highest BCUT2D eigenvalue weighted by Gasteiger charge is 2.18. The molecule has 2 N–H and O–H groups in total. The summed E-state index contributed by atoms with van der Waals surface area (Å²) < 4.78 is 7.24. The third-order valence-electron chi connectivity index (χ3n) is 5.56. The Hall–Kier alpha value is -4.64. The number of alkyl carbamates (subject to hydrolysis) is 1. The Morgan fingerprint density at radius 2 is 1.65 bits per heavy atom. The number of imidazole rings is 1. The molecule has 0 atom stereocenters. The molecule has 188 valence electrons. The standard InChI is InChI=1S/C29H29N5O3/c1-19-5-12-23(13-6-19)34-25-14-11-22(27(35)31-15-16-32-28(36)37-29(2,3)4)17-24(25)33-26(34)21-9-7-20(18-30)8-10-21/h5-14,17H,15-16H2,1-4H3,(H,31,35)(H,32,36). The Morgan fingerprint density at radius 1 is 0.973 bits per heavy atom. The molecule has 4 aromatic rings. The lowest BCUT2D eigenvalue weighted by Gasteiger charge is -2.19. The average molecular weight is 496 g/mol. The molecule has 0 saturated carbocycles. The van der Waals surface area contributed by atoms with Crippen molar-refractivity contribution >= 4 is 23.0 Å². The lowest BCUT2D eigenvalue weighted by molar-refractivity contribution is 0.0526. The Labute approximate surface area is 215 Å². The molecule has 0 radical (unpaired) electrons. The first-order valence-electron chi connectivity index (χ1n) is 12.0. The number of aryl methyl sites for hydroxylation is 1. The number of rotatable bonds is 6. The van der Waals surface area contributed by atoms with E-state index in [0.29, 0.717) is 22.5 Å². The highest BCUT2D eigenvalue weighted by Crippen LogP contribution is 2.29. The van der Waals surface area contributed by atoms with Gasteiger partial charge in [-0.05, 0) is 82.3 Å². The average Bonchev–Trinajstić information content (AvgIpc) is 3.24. The number of ether oxygens (including phenoxy) is 1. The summed E-state index contributed by atoms with van der Waals surface area (Å²) in [4.78, 5) is 29.4. The second-order valence-electron chi connectivity index (χ2n) is 9.68. The van der Waals surface area contributed by atoms with Crippen LogP contribution in [0.3, 0.4) is 0 Å². The lowest BCUT2D eigenvalue weighted by atomic mass is 10.1. The van der Waals surface area contributed by atoms with E-state index >= 15 is 0 Å². The van der Waals surface area contributed by atoms with Crippen LogP contribution in [0.25, 0.3) is 28.1 Å². The molecular formula is C29H29N5O3. The molecule has 0 aliphatic rings. The monoisotopic (exact) mass is 495 g/mol. The predicted octanol–water partition coefficient (Wildman–Crippen LogP) is 5.13. The summed E-state index contributed by atoms with van der Waals surface area (Å²) in [6.45, 7) is 7.90. The maximum absolute atomic E-state index is 12.8. The Bertz CT molecular complexity index is 1470. The van der Waals surface area contributed by atoms with Gasteiger partial charge in [0.1, 0.15) is 11.4 Å². The van der Waals surface area contributed by atoms with Gasteiger partial charge in [0.2, 0.25) is 0 Å². The van der Waals surface area contributed by atoms with Crippen LogP contribution in [-0.4, -0.2) is 40.2 Å². The van der Waals surface area contributed by atoms with Gasteiger partial charge in [0.05, 0.1) is 22.7 Å².